The van der Waals surface area contributed by atoms with Gasteiger partial charge in [-0.1, -0.05) is 23.8 Å². The van der Waals surface area contributed by atoms with Crippen LogP contribution in [0.25, 0.3) is 0 Å². The molecule has 188 valence electrons. The van der Waals surface area contributed by atoms with E-state index in [0.717, 1.165) is 48.9 Å². The van der Waals surface area contributed by atoms with E-state index in [1.807, 2.05) is 54.7 Å². The van der Waals surface area contributed by atoms with Crippen molar-refractivity contribution < 1.29 is 9.47 Å². The molecule has 2 fully saturated rings. The van der Waals surface area contributed by atoms with E-state index in [0.29, 0.717) is 5.11 Å². The van der Waals surface area contributed by atoms with Crippen LogP contribution in [0.1, 0.15) is 41.9 Å². The number of hydrogen-bond acceptors (Lipinski definition) is 4. The number of benzene rings is 2. The van der Waals surface area contributed by atoms with Gasteiger partial charge in [0.25, 0.3) is 0 Å². The summed E-state index contributed by atoms with van der Waals surface area (Å²) in [5.74, 6) is 1.60. The third-order valence-electron chi connectivity index (χ3n) is 7.06. The summed E-state index contributed by atoms with van der Waals surface area (Å²) in [4.78, 5) is 6.88. The van der Waals surface area contributed by atoms with Crippen LogP contribution in [0.5, 0.6) is 11.5 Å². The summed E-state index contributed by atoms with van der Waals surface area (Å²) in [5, 5.41) is 4.24. The first-order valence-electron chi connectivity index (χ1n) is 12.8. The van der Waals surface area contributed by atoms with Crippen molar-refractivity contribution >= 4 is 23.0 Å². The second-order valence-corrected chi connectivity index (χ2v) is 10.0. The van der Waals surface area contributed by atoms with Crippen LogP contribution in [-0.4, -0.2) is 27.4 Å². The standard InChI is InChI=1S/C30H30N4O2S/c1-21-9-13-23(14-10-21)36-24-15-11-22(12-16-24)34-29(28(32-30(34)37)26-7-2-3-17-31-26)27-8-4-18-33(27)20-25-6-5-19-35-25/h2-4,7-18,25,28-29H,5-6,19-20H2,1H3,(H,32,37)/t25-,28+,29+/m0/s1. The molecule has 0 spiro atoms. The molecule has 2 aliphatic rings. The zero-order chi connectivity index (χ0) is 25.2. The predicted octanol–water partition coefficient (Wildman–Crippen LogP) is 6.34. The Morgan fingerprint density at radius 2 is 1.78 bits per heavy atom. The minimum Gasteiger partial charge on any atom is -0.457 e. The van der Waals surface area contributed by atoms with E-state index in [1.54, 1.807) is 0 Å². The molecular formula is C30H30N4O2S. The lowest BCUT2D eigenvalue weighted by atomic mass is 10.0. The van der Waals surface area contributed by atoms with E-state index >= 15 is 0 Å². The largest absolute Gasteiger partial charge is 0.457 e. The number of aryl methyl sites for hydroxylation is 1. The molecular weight excluding hydrogens is 480 g/mol. The summed E-state index contributed by atoms with van der Waals surface area (Å²) in [6, 6.07) is 26.4. The normalized spacial score (nSPS) is 21.3. The smallest absolute Gasteiger partial charge is 0.174 e. The topological polar surface area (TPSA) is 51.5 Å². The van der Waals surface area contributed by atoms with Crippen LogP contribution < -0.4 is 15.0 Å². The number of anilines is 1. The number of nitrogens with one attached hydrogen (secondary N) is 1. The van der Waals surface area contributed by atoms with Gasteiger partial charge in [-0.2, -0.15) is 0 Å². The van der Waals surface area contributed by atoms with Crippen molar-refractivity contribution in [3.05, 3.63) is 108 Å². The van der Waals surface area contributed by atoms with Crippen molar-refractivity contribution in [1.29, 1.82) is 0 Å². The summed E-state index contributed by atoms with van der Waals surface area (Å²) in [5.41, 5.74) is 4.34. The van der Waals surface area contributed by atoms with Crippen molar-refractivity contribution in [2.24, 2.45) is 0 Å². The van der Waals surface area contributed by atoms with Gasteiger partial charge in [0, 0.05) is 36.9 Å². The fraction of sp³-hybridized carbons (Fsp3) is 0.267. The Balaban J connectivity index is 1.33. The summed E-state index contributed by atoms with van der Waals surface area (Å²) in [6.07, 6.45) is 6.44. The number of hydrogen-bond donors (Lipinski definition) is 1. The zero-order valence-corrected chi connectivity index (χ0v) is 21.6. The molecule has 6 nitrogen and oxygen atoms in total. The SMILES string of the molecule is Cc1ccc(Oc2ccc(N3C(=S)N[C@H](c4ccccn4)[C@H]3c3cccn3C[C@@H]3CCCO3)cc2)cc1. The molecule has 1 N–H and O–H groups in total. The van der Waals surface area contributed by atoms with E-state index in [2.05, 4.69) is 63.2 Å². The van der Waals surface area contributed by atoms with Gasteiger partial charge >= 0.3 is 0 Å². The second kappa shape index (κ2) is 10.4. The van der Waals surface area contributed by atoms with Gasteiger partial charge in [0.15, 0.2) is 5.11 Å². The Kier molecular flexibility index (Phi) is 6.64. The third kappa shape index (κ3) is 4.97. The number of ether oxygens (including phenoxy) is 2. The van der Waals surface area contributed by atoms with Gasteiger partial charge in [-0.25, -0.2) is 0 Å². The lowest BCUT2D eigenvalue weighted by molar-refractivity contribution is 0.0961. The molecule has 7 heteroatoms. The predicted molar refractivity (Wildman–Crippen MR) is 149 cm³/mol. The number of rotatable bonds is 7. The molecule has 0 aliphatic carbocycles. The van der Waals surface area contributed by atoms with Crippen LogP contribution in [-0.2, 0) is 11.3 Å². The number of thiocarbonyl (C=S) groups is 1. The zero-order valence-electron chi connectivity index (χ0n) is 20.8. The van der Waals surface area contributed by atoms with Gasteiger partial charge < -0.3 is 24.3 Å². The van der Waals surface area contributed by atoms with Crippen LogP contribution in [0.15, 0.2) is 91.3 Å². The number of nitrogens with zero attached hydrogens (tertiary/aromatic N) is 3. The Morgan fingerprint density at radius 3 is 2.49 bits per heavy atom. The second-order valence-electron chi connectivity index (χ2n) is 9.63. The van der Waals surface area contributed by atoms with E-state index in [4.69, 9.17) is 21.7 Å². The minimum atomic E-state index is -0.0877. The Labute approximate surface area is 222 Å². The monoisotopic (exact) mass is 510 g/mol. The van der Waals surface area contributed by atoms with E-state index in [9.17, 15) is 0 Å². The summed E-state index contributed by atoms with van der Waals surface area (Å²) in [7, 11) is 0. The van der Waals surface area contributed by atoms with E-state index in [-0.39, 0.29) is 18.2 Å². The highest BCUT2D eigenvalue weighted by Crippen LogP contribution is 2.42. The van der Waals surface area contributed by atoms with Crippen LogP contribution in [0.2, 0.25) is 0 Å². The molecule has 0 saturated carbocycles. The minimum absolute atomic E-state index is 0.0670. The maximum Gasteiger partial charge on any atom is 0.174 e. The van der Waals surface area contributed by atoms with Crippen LogP contribution >= 0.6 is 12.2 Å². The van der Waals surface area contributed by atoms with Crippen molar-refractivity contribution in [1.82, 2.24) is 14.9 Å². The fourth-order valence-corrected chi connectivity index (χ4v) is 5.57. The Bertz CT molecular complexity index is 1350. The molecule has 4 heterocycles. The maximum atomic E-state index is 6.07. The third-order valence-corrected chi connectivity index (χ3v) is 7.38. The molecule has 3 atom stereocenters. The average Bonchev–Trinajstić information content (AvgIpc) is 3.67. The Hall–Kier alpha value is -3.68. The van der Waals surface area contributed by atoms with Crippen molar-refractivity contribution in [3.63, 3.8) is 0 Å². The first kappa shape index (κ1) is 23.7. The highest BCUT2D eigenvalue weighted by atomic mass is 32.1. The highest BCUT2D eigenvalue weighted by Gasteiger charge is 2.42. The molecule has 2 aromatic heterocycles. The molecule has 0 amide bonds. The van der Waals surface area contributed by atoms with Crippen molar-refractivity contribution in [3.8, 4) is 11.5 Å². The first-order valence-corrected chi connectivity index (χ1v) is 13.2. The van der Waals surface area contributed by atoms with E-state index < -0.39 is 0 Å². The number of aromatic nitrogens is 2. The number of pyridine rings is 1. The fourth-order valence-electron chi connectivity index (χ4n) is 5.22. The van der Waals surface area contributed by atoms with Gasteiger partial charge in [0.1, 0.15) is 17.5 Å². The maximum absolute atomic E-state index is 6.07. The van der Waals surface area contributed by atoms with Gasteiger partial charge in [-0.15, -0.1) is 0 Å². The summed E-state index contributed by atoms with van der Waals surface area (Å²) in [6.45, 7) is 3.74. The van der Waals surface area contributed by atoms with Gasteiger partial charge in [-0.3, -0.25) is 4.98 Å². The average molecular weight is 511 g/mol. The Morgan fingerprint density at radius 1 is 1.00 bits per heavy atom. The lowest BCUT2D eigenvalue weighted by Crippen LogP contribution is -2.31. The molecule has 0 bridgehead atoms. The van der Waals surface area contributed by atoms with Crippen LogP contribution in [0.3, 0.4) is 0 Å². The van der Waals surface area contributed by atoms with Crippen LogP contribution in [0, 0.1) is 6.92 Å². The van der Waals surface area contributed by atoms with Crippen molar-refractivity contribution in [2.45, 2.75) is 44.5 Å². The van der Waals surface area contributed by atoms with Crippen LogP contribution in [0.4, 0.5) is 5.69 Å². The molecule has 37 heavy (non-hydrogen) atoms. The molecule has 4 aromatic rings. The van der Waals surface area contributed by atoms with E-state index in [1.165, 1.54) is 11.3 Å². The van der Waals surface area contributed by atoms with Crippen molar-refractivity contribution in [2.75, 3.05) is 11.5 Å². The van der Waals surface area contributed by atoms with Gasteiger partial charge in [0.2, 0.25) is 0 Å². The van der Waals surface area contributed by atoms with Gasteiger partial charge in [0.05, 0.1) is 17.8 Å². The molecule has 6 rings (SSSR count). The van der Waals surface area contributed by atoms with Gasteiger partial charge in [-0.05, 0) is 92.6 Å². The summed E-state index contributed by atoms with van der Waals surface area (Å²) < 4.78 is 14.3. The lowest BCUT2D eigenvalue weighted by Gasteiger charge is -2.29. The first-order chi connectivity index (χ1) is 18.2. The molecule has 2 aromatic carbocycles. The molecule has 0 radical (unpaired) electrons. The molecule has 2 saturated heterocycles. The molecule has 2 aliphatic heterocycles. The highest BCUT2D eigenvalue weighted by molar-refractivity contribution is 7.80. The quantitative estimate of drug-likeness (QED) is 0.293. The molecule has 0 unspecified atom stereocenters. The summed E-state index contributed by atoms with van der Waals surface area (Å²) >= 11 is 5.91.